The molecule has 0 heterocycles. The van der Waals surface area contributed by atoms with E-state index in [1.54, 1.807) is 19.1 Å². The van der Waals surface area contributed by atoms with Crippen LogP contribution in [0.15, 0.2) is 24.3 Å². The summed E-state index contributed by atoms with van der Waals surface area (Å²) >= 11 is 0. The van der Waals surface area contributed by atoms with E-state index in [0.717, 1.165) is 5.56 Å². The van der Waals surface area contributed by atoms with Crippen LogP contribution in [0.4, 0.5) is 0 Å². The molecule has 0 bridgehead atoms. The standard InChI is InChI=1S/C13H17NO2/c1-4-14-13(16)12(15)11-7-5-10(6-8-11)9(2)3/h5-9H,4H2,1-3H3,(H,14,16). The highest BCUT2D eigenvalue weighted by atomic mass is 16.2. The number of Topliss-reactive ketones (excluding diaryl/α,β-unsaturated/α-hetero) is 1. The number of carbonyl (C=O) groups excluding carboxylic acids is 2. The summed E-state index contributed by atoms with van der Waals surface area (Å²) < 4.78 is 0. The predicted molar refractivity (Wildman–Crippen MR) is 63.5 cm³/mol. The topological polar surface area (TPSA) is 46.2 Å². The lowest BCUT2D eigenvalue weighted by atomic mass is 10.0. The summed E-state index contributed by atoms with van der Waals surface area (Å²) in [4.78, 5) is 22.9. The van der Waals surface area contributed by atoms with Crippen molar-refractivity contribution in [2.24, 2.45) is 0 Å². The van der Waals surface area contributed by atoms with Crippen LogP contribution in [0.3, 0.4) is 0 Å². The molecule has 16 heavy (non-hydrogen) atoms. The lowest BCUT2D eigenvalue weighted by Crippen LogP contribution is -2.30. The Kier molecular flexibility index (Phi) is 4.23. The molecule has 0 aliphatic carbocycles. The SMILES string of the molecule is CCNC(=O)C(=O)c1ccc(C(C)C)cc1. The van der Waals surface area contributed by atoms with E-state index < -0.39 is 11.7 Å². The monoisotopic (exact) mass is 219 g/mol. The summed E-state index contributed by atoms with van der Waals surface area (Å²) in [6.07, 6.45) is 0. The lowest BCUT2D eigenvalue weighted by Gasteiger charge is -2.06. The molecule has 0 radical (unpaired) electrons. The van der Waals surface area contributed by atoms with Gasteiger partial charge in [0.05, 0.1) is 0 Å². The summed E-state index contributed by atoms with van der Waals surface area (Å²) in [7, 11) is 0. The van der Waals surface area contributed by atoms with Gasteiger partial charge in [-0.3, -0.25) is 9.59 Å². The molecule has 0 aromatic heterocycles. The molecule has 0 unspecified atom stereocenters. The van der Waals surface area contributed by atoms with Gasteiger partial charge in [0.25, 0.3) is 5.91 Å². The smallest absolute Gasteiger partial charge is 0.292 e. The van der Waals surface area contributed by atoms with E-state index in [2.05, 4.69) is 19.2 Å². The van der Waals surface area contributed by atoms with Gasteiger partial charge < -0.3 is 5.32 Å². The van der Waals surface area contributed by atoms with Crippen LogP contribution in [-0.2, 0) is 4.79 Å². The van der Waals surface area contributed by atoms with Gasteiger partial charge in [0.1, 0.15) is 0 Å². The molecule has 1 amide bonds. The number of rotatable bonds is 4. The van der Waals surface area contributed by atoms with Crippen molar-refractivity contribution in [2.45, 2.75) is 26.7 Å². The quantitative estimate of drug-likeness (QED) is 0.623. The average Bonchev–Trinajstić information content (AvgIpc) is 2.28. The normalized spacial score (nSPS) is 10.2. The first-order chi connectivity index (χ1) is 7.56. The molecule has 86 valence electrons. The number of benzene rings is 1. The molecule has 3 heteroatoms. The zero-order valence-electron chi connectivity index (χ0n) is 9.91. The van der Waals surface area contributed by atoms with E-state index in [-0.39, 0.29) is 0 Å². The Hall–Kier alpha value is -1.64. The van der Waals surface area contributed by atoms with E-state index in [9.17, 15) is 9.59 Å². The van der Waals surface area contributed by atoms with Gasteiger partial charge >= 0.3 is 0 Å². The van der Waals surface area contributed by atoms with Crippen LogP contribution >= 0.6 is 0 Å². The van der Waals surface area contributed by atoms with Crippen LogP contribution in [0.25, 0.3) is 0 Å². The van der Waals surface area contributed by atoms with E-state index in [1.165, 1.54) is 0 Å². The molecule has 0 aliphatic heterocycles. The van der Waals surface area contributed by atoms with Crippen LogP contribution in [0, 0.1) is 0 Å². The maximum Gasteiger partial charge on any atom is 0.292 e. The minimum Gasteiger partial charge on any atom is -0.349 e. The van der Waals surface area contributed by atoms with Crippen molar-refractivity contribution in [1.82, 2.24) is 5.32 Å². The second-order valence-electron chi connectivity index (χ2n) is 3.97. The number of carbonyl (C=O) groups is 2. The molecule has 3 nitrogen and oxygen atoms in total. The lowest BCUT2D eigenvalue weighted by molar-refractivity contribution is -0.116. The molecule has 0 atom stereocenters. The van der Waals surface area contributed by atoms with Crippen molar-refractivity contribution in [3.63, 3.8) is 0 Å². The average molecular weight is 219 g/mol. The Balaban J connectivity index is 2.81. The van der Waals surface area contributed by atoms with Crippen molar-refractivity contribution in [3.8, 4) is 0 Å². The van der Waals surface area contributed by atoms with Gasteiger partial charge in [-0.1, -0.05) is 38.1 Å². The first-order valence-electron chi connectivity index (χ1n) is 5.48. The highest BCUT2D eigenvalue weighted by molar-refractivity contribution is 6.42. The van der Waals surface area contributed by atoms with Gasteiger partial charge in [0.15, 0.2) is 0 Å². The maximum absolute atomic E-state index is 11.6. The van der Waals surface area contributed by atoms with E-state index in [1.807, 2.05) is 12.1 Å². The summed E-state index contributed by atoms with van der Waals surface area (Å²) in [5.41, 5.74) is 1.60. The fraction of sp³-hybridized carbons (Fsp3) is 0.385. The van der Waals surface area contributed by atoms with Crippen LogP contribution in [0.2, 0.25) is 0 Å². The third-order valence-corrected chi connectivity index (χ3v) is 2.38. The Morgan fingerprint density at radius 1 is 1.19 bits per heavy atom. The van der Waals surface area contributed by atoms with E-state index >= 15 is 0 Å². The number of likely N-dealkylation sites (N-methyl/N-ethyl adjacent to an activating group) is 1. The summed E-state index contributed by atoms with van der Waals surface area (Å²) in [6, 6.07) is 7.17. The van der Waals surface area contributed by atoms with Gasteiger partial charge in [-0.25, -0.2) is 0 Å². The summed E-state index contributed by atoms with van der Waals surface area (Å²) in [6.45, 7) is 6.42. The highest BCUT2D eigenvalue weighted by Crippen LogP contribution is 2.14. The van der Waals surface area contributed by atoms with Crippen molar-refractivity contribution in [2.75, 3.05) is 6.54 Å². The Labute approximate surface area is 95.9 Å². The maximum atomic E-state index is 11.6. The first kappa shape index (κ1) is 12.4. The molecule has 1 aromatic rings. The zero-order chi connectivity index (χ0) is 12.1. The predicted octanol–water partition coefficient (Wildman–Crippen LogP) is 2.13. The third-order valence-electron chi connectivity index (χ3n) is 2.38. The van der Waals surface area contributed by atoms with Crippen LogP contribution in [0.5, 0.6) is 0 Å². The fourth-order valence-corrected chi connectivity index (χ4v) is 1.39. The molecule has 1 rings (SSSR count). The molecule has 1 N–H and O–H groups in total. The van der Waals surface area contributed by atoms with Crippen LogP contribution < -0.4 is 5.32 Å². The second kappa shape index (κ2) is 5.45. The molecule has 0 saturated heterocycles. The minimum atomic E-state index is -0.542. The van der Waals surface area contributed by atoms with Crippen molar-refractivity contribution < 1.29 is 9.59 Å². The van der Waals surface area contributed by atoms with Gasteiger partial charge in [0.2, 0.25) is 5.78 Å². The molecule has 0 spiro atoms. The molecule has 1 aromatic carbocycles. The van der Waals surface area contributed by atoms with Gasteiger partial charge in [-0.15, -0.1) is 0 Å². The molecule has 0 saturated carbocycles. The zero-order valence-corrected chi connectivity index (χ0v) is 9.91. The molecule has 0 aliphatic rings. The van der Waals surface area contributed by atoms with Crippen molar-refractivity contribution >= 4 is 11.7 Å². The van der Waals surface area contributed by atoms with Gasteiger partial charge in [-0.2, -0.15) is 0 Å². The number of hydrogen-bond acceptors (Lipinski definition) is 2. The highest BCUT2D eigenvalue weighted by Gasteiger charge is 2.14. The van der Waals surface area contributed by atoms with Crippen LogP contribution in [-0.4, -0.2) is 18.2 Å². The van der Waals surface area contributed by atoms with E-state index in [4.69, 9.17) is 0 Å². The fourth-order valence-electron chi connectivity index (χ4n) is 1.39. The first-order valence-corrected chi connectivity index (χ1v) is 5.48. The van der Waals surface area contributed by atoms with Crippen molar-refractivity contribution in [1.29, 1.82) is 0 Å². The number of hydrogen-bond donors (Lipinski definition) is 1. The molecular weight excluding hydrogens is 202 g/mol. The largest absolute Gasteiger partial charge is 0.349 e. The summed E-state index contributed by atoms with van der Waals surface area (Å²) in [5.74, 6) is -0.592. The third kappa shape index (κ3) is 2.92. The van der Waals surface area contributed by atoms with Gasteiger partial charge in [-0.05, 0) is 18.4 Å². The molecule has 0 fully saturated rings. The number of ketones is 1. The molecular formula is C13H17NO2. The van der Waals surface area contributed by atoms with E-state index in [0.29, 0.717) is 18.0 Å². The van der Waals surface area contributed by atoms with Gasteiger partial charge in [0, 0.05) is 12.1 Å². The Morgan fingerprint density at radius 2 is 1.75 bits per heavy atom. The van der Waals surface area contributed by atoms with Crippen molar-refractivity contribution in [3.05, 3.63) is 35.4 Å². The second-order valence-corrected chi connectivity index (χ2v) is 3.97. The number of amides is 1. The Morgan fingerprint density at radius 3 is 2.19 bits per heavy atom. The van der Waals surface area contributed by atoms with Crippen LogP contribution in [0.1, 0.15) is 42.6 Å². The summed E-state index contributed by atoms with van der Waals surface area (Å²) in [5, 5.41) is 2.49. The Bertz CT molecular complexity index is 379. The number of nitrogens with one attached hydrogen (secondary N) is 1. The minimum absolute atomic E-state index is 0.425.